The molecule has 1 unspecified atom stereocenters. The summed E-state index contributed by atoms with van der Waals surface area (Å²) in [6, 6.07) is 9.79. The molecule has 174 valence electrons. The number of hydrogen-bond acceptors (Lipinski definition) is 10. The van der Waals surface area contributed by atoms with Gasteiger partial charge in [-0.15, -0.1) is 0 Å². The highest BCUT2D eigenvalue weighted by atomic mass is 35.5. The van der Waals surface area contributed by atoms with Crippen LogP contribution in [0.25, 0.3) is 11.5 Å². The Bertz CT molecular complexity index is 1310. The number of carbonyl (C=O) groups excluding carboxylic acids is 2. The van der Waals surface area contributed by atoms with E-state index in [1.165, 1.54) is 29.2 Å². The fraction of sp³-hybridized carbons (Fsp3) is 0.182. The third kappa shape index (κ3) is 4.80. The largest absolute Gasteiger partial charge is 0.464 e. The van der Waals surface area contributed by atoms with Crippen molar-refractivity contribution in [1.29, 1.82) is 0 Å². The highest BCUT2D eigenvalue weighted by molar-refractivity contribution is 7.18. The molecule has 0 radical (unpaired) electrons. The van der Waals surface area contributed by atoms with Gasteiger partial charge < -0.3 is 14.2 Å². The van der Waals surface area contributed by atoms with Gasteiger partial charge in [0.1, 0.15) is 22.4 Å². The summed E-state index contributed by atoms with van der Waals surface area (Å²) in [5, 5.41) is 3.92. The van der Waals surface area contributed by atoms with Crippen LogP contribution in [0.5, 0.6) is 0 Å². The molecule has 12 heteroatoms. The number of anilines is 2. The minimum absolute atomic E-state index is 0.0380. The number of pyridine rings is 1. The van der Waals surface area contributed by atoms with Gasteiger partial charge in [0.05, 0.1) is 6.61 Å². The number of thiazole rings is 1. The van der Waals surface area contributed by atoms with Crippen molar-refractivity contribution >= 4 is 45.5 Å². The predicted molar refractivity (Wildman–Crippen MR) is 123 cm³/mol. The van der Waals surface area contributed by atoms with Crippen LogP contribution in [0, 0.1) is 5.82 Å². The number of esters is 1. The number of nitrogens with zero attached hydrogens (tertiary/aromatic N) is 5. The number of ketones is 1. The van der Waals surface area contributed by atoms with E-state index < -0.39 is 23.6 Å². The van der Waals surface area contributed by atoms with Crippen LogP contribution in [-0.2, 0) is 9.53 Å². The zero-order valence-electron chi connectivity index (χ0n) is 17.9. The van der Waals surface area contributed by atoms with Gasteiger partial charge in [-0.05, 0) is 50.2 Å². The standard InChI is InChI=1S/C22H17ClFN5O4S/c1-3-32-21(31)12(2)29(14-9-7-13(24)8-10-14)22-26-18(23)17(34-22)16(30)20-27-19(28-33-20)15-6-4-5-11-25-15/h4-12H,3H2,1-2H3. The molecule has 4 rings (SSSR count). The highest BCUT2D eigenvalue weighted by Crippen LogP contribution is 2.37. The quantitative estimate of drug-likeness (QED) is 0.250. The smallest absolute Gasteiger partial charge is 0.328 e. The Labute approximate surface area is 202 Å². The van der Waals surface area contributed by atoms with Crippen LogP contribution in [0.3, 0.4) is 0 Å². The number of hydrogen-bond donors (Lipinski definition) is 0. The summed E-state index contributed by atoms with van der Waals surface area (Å²) in [6.45, 7) is 3.47. The Balaban J connectivity index is 1.68. The third-order valence-electron chi connectivity index (χ3n) is 4.62. The van der Waals surface area contributed by atoms with Crippen LogP contribution < -0.4 is 4.90 Å². The number of benzene rings is 1. The van der Waals surface area contributed by atoms with Gasteiger partial charge in [0.25, 0.3) is 11.7 Å². The van der Waals surface area contributed by atoms with Gasteiger partial charge in [0, 0.05) is 11.9 Å². The lowest BCUT2D eigenvalue weighted by molar-refractivity contribution is -0.144. The topological polar surface area (TPSA) is 111 Å². The average molecular weight is 502 g/mol. The fourth-order valence-electron chi connectivity index (χ4n) is 3.02. The molecule has 34 heavy (non-hydrogen) atoms. The molecule has 0 aliphatic rings. The second kappa shape index (κ2) is 10.1. The molecule has 0 spiro atoms. The fourth-order valence-corrected chi connectivity index (χ4v) is 4.34. The van der Waals surface area contributed by atoms with Crippen molar-refractivity contribution in [1.82, 2.24) is 20.1 Å². The van der Waals surface area contributed by atoms with E-state index in [9.17, 15) is 14.0 Å². The van der Waals surface area contributed by atoms with Crippen molar-refractivity contribution in [2.45, 2.75) is 19.9 Å². The van der Waals surface area contributed by atoms with Crippen LogP contribution in [-0.4, -0.2) is 44.5 Å². The number of carbonyl (C=O) groups is 2. The number of aromatic nitrogens is 4. The molecule has 0 N–H and O–H groups in total. The van der Waals surface area contributed by atoms with Crippen LogP contribution in [0.15, 0.2) is 53.2 Å². The molecule has 0 aliphatic heterocycles. The molecule has 1 atom stereocenters. The summed E-state index contributed by atoms with van der Waals surface area (Å²) in [7, 11) is 0. The van der Waals surface area contributed by atoms with Crippen LogP contribution in [0.2, 0.25) is 5.15 Å². The summed E-state index contributed by atoms with van der Waals surface area (Å²) in [5.41, 5.74) is 0.897. The van der Waals surface area contributed by atoms with E-state index in [4.69, 9.17) is 20.9 Å². The lowest BCUT2D eigenvalue weighted by Gasteiger charge is -2.27. The highest BCUT2D eigenvalue weighted by Gasteiger charge is 2.31. The lowest BCUT2D eigenvalue weighted by Crippen LogP contribution is -2.36. The SMILES string of the molecule is CCOC(=O)C(C)N(c1ccc(F)cc1)c1nc(Cl)c(C(=O)c2nc(-c3ccccn3)no2)s1. The van der Waals surface area contributed by atoms with Gasteiger partial charge in [0.15, 0.2) is 10.3 Å². The third-order valence-corrected chi connectivity index (χ3v) is 6.06. The van der Waals surface area contributed by atoms with E-state index >= 15 is 0 Å². The van der Waals surface area contributed by atoms with Crippen LogP contribution >= 0.6 is 22.9 Å². The maximum absolute atomic E-state index is 13.5. The minimum Gasteiger partial charge on any atom is -0.464 e. The maximum atomic E-state index is 13.5. The number of halogens is 2. The Morgan fingerprint density at radius 2 is 1.97 bits per heavy atom. The summed E-state index contributed by atoms with van der Waals surface area (Å²) in [5.74, 6) is -1.74. The van der Waals surface area contributed by atoms with Crippen molar-refractivity contribution in [2.24, 2.45) is 0 Å². The molecule has 0 amide bonds. The molecule has 3 aromatic heterocycles. The van der Waals surface area contributed by atoms with E-state index in [1.807, 2.05) is 0 Å². The molecule has 0 aliphatic carbocycles. The second-order valence-electron chi connectivity index (χ2n) is 6.86. The van der Waals surface area contributed by atoms with E-state index in [2.05, 4.69) is 20.1 Å². The monoisotopic (exact) mass is 501 g/mol. The molecule has 1 aromatic carbocycles. The van der Waals surface area contributed by atoms with Crippen molar-refractivity contribution < 1.29 is 23.2 Å². The minimum atomic E-state index is -0.838. The molecule has 0 fully saturated rings. The predicted octanol–water partition coefficient (Wildman–Crippen LogP) is 4.70. The summed E-state index contributed by atoms with van der Waals surface area (Å²) in [4.78, 5) is 39.6. The van der Waals surface area contributed by atoms with Gasteiger partial charge in [-0.25, -0.2) is 14.2 Å². The van der Waals surface area contributed by atoms with E-state index in [-0.39, 0.29) is 33.5 Å². The molecule has 0 saturated carbocycles. The van der Waals surface area contributed by atoms with Crippen molar-refractivity contribution in [3.05, 3.63) is 70.4 Å². The second-order valence-corrected chi connectivity index (χ2v) is 8.19. The normalized spacial score (nSPS) is 11.8. The lowest BCUT2D eigenvalue weighted by atomic mass is 10.2. The van der Waals surface area contributed by atoms with Crippen molar-refractivity contribution in [3.8, 4) is 11.5 Å². The molecule has 4 aromatic rings. The molecule has 0 bridgehead atoms. The van der Waals surface area contributed by atoms with Gasteiger partial charge in [-0.2, -0.15) is 4.98 Å². The first-order valence-electron chi connectivity index (χ1n) is 10.1. The van der Waals surface area contributed by atoms with Gasteiger partial charge in [-0.1, -0.05) is 34.2 Å². The Hall–Kier alpha value is -3.70. The molecule has 9 nitrogen and oxygen atoms in total. The summed E-state index contributed by atoms with van der Waals surface area (Å²) in [6.07, 6.45) is 1.56. The van der Waals surface area contributed by atoms with Gasteiger partial charge >= 0.3 is 5.97 Å². The maximum Gasteiger partial charge on any atom is 0.328 e. The molecular formula is C22H17ClFN5O4S. The van der Waals surface area contributed by atoms with Crippen molar-refractivity contribution in [2.75, 3.05) is 11.5 Å². The summed E-state index contributed by atoms with van der Waals surface area (Å²) >= 11 is 7.22. The Morgan fingerprint density at radius 1 is 1.21 bits per heavy atom. The van der Waals surface area contributed by atoms with E-state index in [1.54, 1.807) is 38.2 Å². The van der Waals surface area contributed by atoms with Crippen LogP contribution in [0.1, 0.15) is 29.4 Å². The zero-order chi connectivity index (χ0) is 24.2. The Kier molecular flexibility index (Phi) is 6.94. The average Bonchev–Trinajstić information content (AvgIpc) is 3.48. The Morgan fingerprint density at radius 3 is 2.65 bits per heavy atom. The van der Waals surface area contributed by atoms with Gasteiger partial charge in [-0.3, -0.25) is 9.78 Å². The van der Waals surface area contributed by atoms with E-state index in [0.717, 1.165) is 11.3 Å². The first kappa shape index (κ1) is 23.5. The zero-order valence-corrected chi connectivity index (χ0v) is 19.5. The van der Waals surface area contributed by atoms with Gasteiger partial charge in [0.2, 0.25) is 5.82 Å². The van der Waals surface area contributed by atoms with Crippen LogP contribution in [0.4, 0.5) is 15.2 Å². The molecular weight excluding hydrogens is 485 g/mol. The summed E-state index contributed by atoms with van der Waals surface area (Å²) < 4.78 is 23.8. The first-order chi connectivity index (χ1) is 16.4. The van der Waals surface area contributed by atoms with Crippen molar-refractivity contribution in [3.63, 3.8) is 0 Å². The molecule has 0 saturated heterocycles. The molecule has 3 heterocycles. The first-order valence-corrected chi connectivity index (χ1v) is 11.3. The number of ether oxygens (including phenoxy) is 1. The number of rotatable bonds is 8. The van der Waals surface area contributed by atoms with E-state index in [0.29, 0.717) is 11.4 Å².